The molecule has 0 aliphatic heterocycles. The SMILES string of the molecule is CCc1ccsc1CNC(C)c1cccc(O)c1. The number of aryl methyl sites for hydroxylation is 1. The lowest BCUT2D eigenvalue weighted by Crippen LogP contribution is -2.18. The number of aromatic hydroxyl groups is 1. The zero-order chi connectivity index (χ0) is 13.0. The summed E-state index contributed by atoms with van der Waals surface area (Å²) in [5.41, 5.74) is 2.54. The third kappa shape index (κ3) is 3.12. The first kappa shape index (κ1) is 13.1. The van der Waals surface area contributed by atoms with Crippen LogP contribution in [0.4, 0.5) is 0 Å². The van der Waals surface area contributed by atoms with E-state index < -0.39 is 0 Å². The van der Waals surface area contributed by atoms with Crippen LogP contribution in [0, 0.1) is 0 Å². The molecule has 2 N–H and O–H groups in total. The Morgan fingerprint density at radius 2 is 2.17 bits per heavy atom. The predicted octanol–water partition coefficient (Wildman–Crippen LogP) is 3.87. The second-order valence-electron chi connectivity index (χ2n) is 4.42. The van der Waals surface area contributed by atoms with Crippen LogP contribution in [-0.4, -0.2) is 5.11 Å². The van der Waals surface area contributed by atoms with E-state index in [1.165, 1.54) is 10.4 Å². The van der Waals surface area contributed by atoms with Gasteiger partial charge in [-0.05, 0) is 48.1 Å². The van der Waals surface area contributed by atoms with E-state index in [1.54, 1.807) is 17.4 Å². The van der Waals surface area contributed by atoms with Crippen LogP contribution in [-0.2, 0) is 13.0 Å². The molecule has 1 heterocycles. The summed E-state index contributed by atoms with van der Waals surface area (Å²) < 4.78 is 0. The molecule has 1 aromatic carbocycles. The highest BCUT2D eigenvalue weighted by Gasteiger charge is 2.07. The van der Waals surface area contributed by atoms with Crippen molar-refractivity contribution in [1.29, 1.82) is 0 Å². The molecule has 2 rings (SSSR count). The number of benzene rings is 1. The maximum Gasteiger partial charge on any atom is 0.115 e. The average Bonchev–Trinajstić information content (AvgIpc) is 2.83. The fraction of sp³-hybridized carbons (Fsp3) is 0.333. The van der Waals surface area contributed by atoms with Gasteiger partial charge >= 0.3 is 0 Å². The summed E-state index contributed by atoms with van der Waals surface area (Å²) >= 11 is 1.80. The fourth-order valence-electron chi connectivity index (χ4n) is 1.99. The van der Waals surface area contributed by atoms with Crippen molar-refractivity contribution in [2.45, 2.75) is 32.9 Å². The highest BCUT2D eigenvalue weighted by atomic mass is 32.1. The topological polar surface area (TPSA) is 32.3 Å². The minimum Gasteiger partial charge on any atom is -0.508 e. The van der Waals surface area contributed by atoms with Gasteiger partial charge in [0.25, 0.3) is 0 Å². The summed E-state index contributed by atoms with van der Waals surface area (Å²) in [6.07, 6.45) is 1.08. The molecule has 1 atom stereocenters. The molecule has 1 unspecified atom stereocenters. The van der Waals surface area contributed by atoms with Crippen molar-refractivity contribution in [1.82, 2.24) is 5.32 Å². The van der Waals surface area contributed by atoms with Crippen molar-refractivity contribution in [3.05, 3.63) is 51.7 Å². The Hall–Kier alpha value is -1.32. The number of rotatable bonds is 5. The van der Waals surface area contributed by atoms with E-state index in [4.69, 9.17) is 0 Å². The number of thiophene rings is 1. The molecule has 0 radical (unpaired) electrons. The Labute approximate surface area is 112 Å². The molecular weight excluding hydrogens is 242 g/mol. The van der Waals surface area contributed by atoms with Crippen LogP contribution < -0.4 is 5.32 Å². The minimum atomic E-state index is 0.240. The van der Waals surface area contributed by atoms with Crippen LogP contribution in [0.25, 0.3) is 0 Å². The third-order valence-corrected chi connectivity index (χ3v) is 4.12. The smallest absolute Gasteiger partial charge is 0.115 e. The lowest BCUT2D eigenvalue weighted by atomic mass is 10.1. The summed E-state index contributed by atoms with van der Waals surface area (Å²) in [5.74, 6) is 0.325. The van der Waals surface area contributed by atoms with Gasteiger partial charge in [-0.1, -0.05) is 19.1 Å². The lowest BCUT2D eigenvalue weighted by Gasteiger charge is -2.14. The Morgan fingerprint density at radius 3 is 2.89 bits per heavy atom. The molecule has 0 saturated carbocycles. The van der Waals surface area contributed by atoms with Gasteiger partial charge in [0, 0.05) is 17.5 Å². The Balaban J connectivity index is 1.98. The summed E-state index contributed by atoms with van der Waals surface area (Å²) in [6, 6.07) is 9.86. The molecule has 0 fully saturated rings. The third-order valence-electron chi connectivity index (χ3n) is 3.16. The number of nitrogens with one attached hydrogen (secondary N) is 1. The monoisotopic (exact) mass is 261 g/mol. The van der Waals surface area contributed by atoms with Gasteiger partial charge in [-0.15, -0.1) is 11.3 Å². The second-order valence-corrected chi connectivity index (χ2v) is 5.42. The molecule has 96 valence electrons. The number of hydrogen-bond donors (Lipinski definition) is 2. The summed E-state index contributed by atoms with van der Waals surface area (Å²) in [4.78, 5) is 1.41. The van der Waals surface area contributed by atoms with Crippen molar-refractivity contribution in [2.24, 2.45) is 0 Å². The first-order chi connectivity index (χ1) is 8.70. The van der Waals surface area contributed by atoms with Gasteiger partial charge in [0.05, 0.1) is 0 Å². The first-order valence-electron chi connectivity index (χ1n) is 6.28. The van der Waals surface area contributed by atoms with Crippen LogP contribution in [0.5, 0.6) is 5.75 Å². The number of hydrogen-bond acceptors (Lipinski definition) is 3. The first-order valence-corrected chi connectivity index (χ1v) is 7.16. The van der Waals surface area contributed by atoms with Crippen molar-refractivity contribution >= 4 is 11.3 Å². The van der Waals surface area contributed by atoms with Crippen LogP contribution in [0.15, 0.2) is 35.7 Å². The molecule has 0 saturated heterocycles. The van der Waals surface area contributed by atoms with Crippen molar-refractivity contribution < 1.29 is 5.11 Å². The molecule has 0 amide bonds. The second kappa shape index (κ2) is 6.03. The Morgan fingerprint density at radius 1 is 1.33 bits per heavy atom. The van der Waals surface area contributed by atoms with Crippen molar-refractivity contribution in [3.63, 3.8) is 0 Å². The van der Waals surface area contributed by atoms with E-state index in [1.807, 2.05) is 18.2 Å². The average molecular weight is 261 g/mol. The zero-order valence-corrected chi connectivity index (χ0v) is 11.6. The molecule has 3 heteroatoms. The van der Waals surface area contributed by atoms with E-state index in [9.17, 15) is 5.11 Å². The highest BCUT2D eigenvalue weighted by Crippen LogP contribution is 2.21. The van der Waals surface area contributed by atoms with E-state index in [-0.39, 0.29) is 6.04 Å². The zero-order valence-electron chi connectivity index (χ0n) is 10.8. The van der Waals surface area contributed by atoms with Gasteiger partial charge < -0.3 is 10.4 Å². The van der Waals surface area contributed by atoms with Crippen LogP contribution >= 0.6 is 11.3 Å². The van der Waals surface area contributed by atoms with Gasteiger partial charge in [0.2, 0.25) is 0 Å². The van der Waals surface area contributed by atoms with Gasteiger partial charge in [-0.25, -0.2) is 0 Å². The maximum absolute atomic E-state index is 9.47. The maximum atomic E-state index is 9.47. The standard InChI is InChI=1S/C15H19NOS/c1-3-12-7-8-18-15(12)10-16-11(2)13-5-4-6-14(17)9-13/h4-9,11,16-17H,3,10H2,1-2H3. The van der Waals surface area contributed by atoms with E-state index in [0.717, 1.165) is 18.5 Å². The highest BCUT2D eigenvalue weighted by molar-refractivity contribution is 7.10. The van der Waals surface area contributed by atoms with Gasteiger partial charge in [-0.3, -0.25) is 0 Å². The molecule has 0 spiro atoms. The molecule has 18 heavy (non-hydrogen) atoms. The molecule has 2 aromatic rings. The molecule has 2 nitrogen and oxygen atoms in total. The number of phenols is 1. The predicted molar refractivity (Wildman–Crippen MR) is 77.1 cm³/mol. The Kier molecular flexibility index (Phi) is 4.39. The summed E-state index contributed by atoms with van der Waals surface area (Å²) in [5, 5.41) is 15.1. The number of phenolic OH excluding ortho intramolecular Hbond substituents is 1. The molecule has 1 aromatic heterocycles. The van der Waals surface area contributed by atoms with E-state index in [0.29, 0.717) is 5.75 Å². The van der Waals surface area contributed by atoms with Gasteiger partial charge in [0.15, 0.2) is 0 Å². The van der Waals surface area contributed by atoms with E-state index in [2.05, 4.69) is 30.6 Å². The van der Waals surface area contributed by atoms with Crippen LogP contribution in [0.2, 0.25) is 0 Å². The van der Waals surface area contributed by atoms with Gasteiger partial charge in [-0.2, -0.15) is 0 Å². The molecule has 0 bridgehead atoms. The van der Waals surface area contributed by atoms with E-state index >= 15 is 0 Å². The Bertz CT molecular complexity index is 507. The molecule has 0 aliphatic carbocycles. The molecule has 0 aliphatic rings. The summed E-state index contributed by atoms with van der Waals surface area (Å²) in [7, 11) is 0. The quantitative estimate of drug-likeness (QED) is 0.856. The largest absolute Gasteiger partial charge is 0.508 e. The lowest BCUT2D eigenvalue weighted by molar-refractivity contribution is 0.472. The normalized spacial score (nSPS) is 12.6. The van der Waals surface area contributed by atoms with Crippen molar-refractivity contribution in [3.8, 4) is 5.75 Å². The van der Waals surface area contributed by atoms with Crippen LogP contribution in [0.3, 0.4) is 0 Å². The van der Waals surface area contributed by atoms with Gasteiger partial charge in [0.1, 0.15) is 5.75 Å². The fourth-order valence-corrected chi connectivity index (χ4v) is 2.92. The molecular formula is C15H19NOS. The minimum absolute atomic E-state index is 0.240. The van der Waals surface area contributed by atoms with Crippen molar-refractivity contribution in [2.75, 3.05) is 0 Å². The van der Waals surface area contributed by atoms with Crippen LogP contribution in [0.1, 0.15) is 35.9 Å². The summed E-state index contributed by atoms with van der Waals surface area (Å²) in [6.45, 7) is 5.19.